The molecule has 0 radical (unpaired) electrons. The van der Waals surface area contributed by atoms with Crippen molar-refractivity contribution in [2.75, 3.05) is 22.1 Å². The lowest BCUT2D eigenvalue weighted by atomic mass is 10.0. The lowest BCUT2D eigenvalue weighted by Gasteiger charge is -2.24. The summed E-state index contributed by atoms with van der Waals surface area (Å²) in [6, 6.07) is 15.9. The smallest absolute Gasteiger partial charge is 0.415 e. The first-order valence-electron chi connectivity index (χ1n) is 11.9. The van der Waals surface area contributed by atoms with Crippen molar-refractivity contribution < 1.29 is 14.5 Å². The monoisotopic (exact) mass is 518 g/mol. The Bertz CT molecular complexity index is 1440. The number of benzene rings is 2. The van der Waals surface area contributed by atoms with Gasteiger partial charge in [-0.05, 0) is 54.1 Å². The number of rotatable bonds is 8. The second kappa shape index (κ2) is 10.0. The number of nitro groups is 1. The van der Waals surface area contributed by atoms with Crippen molar-refractivity contribution in [3.8, 4) is 0 Å². The van der Waals surface area contributed by atoms with Gasteiger partial charge in [-0.25, -0.2) is 9.78 Å². The Morgan fingerprint density at radius 3 is 2.38 bits per heavy atom. The average molecular weight is 519 g/mol. The van der Waals surface area contributed by atoms with E-state index in [1.54, 1.807) is 17.0 Å². The Hall–Kier alpha value is -4.25. The van der Waals surface area contributed by atoms with Crippen molar-refractivity contribution in [2.24, 2.45) is 5.92 Å². The molecule has 1 saturated heterocycles. The number of non-ortho nitro benzene ring substituents is 1. The van der Waals surface area contributed by atoms with E-state index in [9.17, 15) is 14.9 Å². The fourth-order valence-corrected chi connectivity index (χ4v) is 5.03. The molecule has 0 aliphatic carbocycles. The van der Waals surface area contributed by atoms with Gasteiger partial charge in [0.05, 0.1) is 27.2 Å². The van der Waals surface area contributed by atoms with Crippen LogP contribution >= 0.6 is 11.3 Å². The molecule has 190 valence electrons. The third-order valence-electron chi connectivity index (χ3n) is 6.31. The first-order chi connectivity index (χ1) is 17.8. The first kappa shape index (κ1) is 24.4. The number of aromatic nitrogens is 2. The highest BCUT2D eigenvalue weighted by Crippen LogP contribution is 2.35. The molecule has 2 atom stereocenters. The number of ether oxygens (including phenoxy) is 1. The summed E-state index contributed by atoms with van der Waals surface area (Å²) >= 11 is 1.50. The van der Waals surface area contributed by atoms with Crippen LogP contribution in [0.3, 0.4) is 0 Å². The summed E-state index contributed by atoms with van der Waals surface area (Å²) in [6.45, 7) is 6.48. The van der Waals surface area contributed by atoms with Gasteiger partial charge >= 0.3 is 6.09 Å². The maximum absolute atomic E-state index is 12.6. The molecule has 0 bridgehead atoms. The van der Waals surface area contributed by atoms with Gasteiger partial charge in [0.15, 0.2) is 5.82 Å². The lowest BCUT2D eigenvalue weighted by molar-refractivity contribution is -0.384. The molecule has 10 nitrogen and oxygen atoms in total. The van der Waals surface area contributed by atoms with Gasteiger partial charge in [0, 0.05) is 23.5 Å². The van der Waals surface area contributed by atoms with Gasteiger partial charge in [-0.3, -0.25) is 15.0 Å². The molecular weight excluding hydrogens is 492 g/mol. The van der Waals surface area contributed by atoms with Crippen molar-refractivity contribution in [1.29, 1.82) is 0 Å². The maximum Gasteiger partial charge on any atom is 0.415 e. The summed E-state index contributed by atoms with van der Waals surface area (Å²) in [6.07, 6.45) is -0.387. The van der Waals surface area contributed by atoms with Gasteiger partial charge in [-0.1, -0.05) is 26.0 Å². The number of carbonyl (C=O) groups excluding carboxylic acids is 1. The van der Waals surface area contributed by atoms with Crippen molar-refractivity contribution in [1.82, 2.24) is 9.97 Å². The normalized spacial score (nSPS) is 16.2. The van der Waals surface area contributed by atoms with Crippen LogP contribution in [0.1, 0.15) is 32.4 Å². The summed E-state index contributed by atoms with van der Waals surface area (Å²) in [5.41, 5.74) is 3.46. The number of nitro benzene ring substituents is 1. The minimum absolute atomic E-state index is 0.0492. The Kier molecular flexibility index (Phi) is 6.62. The van der Waals surface area contributed by atoms with Gasteiger partial charge in [0.1, 0.15) is 6.61 Å². The highest BCUT2D eigenvalue weighted by atomic mass is 32.1. The Morgan fingerprint density at radius 1 is 1.05 bits per heavy atom. The number of hydrogen-bond donors (Lipinski definition) is 2. The zero-order valence-corrected chi connectivity index (χ0v) is 21.4. The van der Waals surface area contributed by atoms with Crippen LogP contribution in [0.15, 0.2) is 60.0 Å². The average Bonchev–Trinajstić information content (AvgIpc) is 3.51. The van der Waals surface area contributed by atoms with E-state index in [2.05, 4.69) is 29.5 Å². The minimum Gasteiger partial charge on any atom is -0.447 e. The molecular formula is C26H26N6O4S. The standard InChI is InChI=1S/C26H26N6O4S/c1-15(2)22-14-36-26(33)31(22)24-23-21(12-13-37-23)29-25(30-24)27-16(3)17-4-6-18(7-5-17)28-19-8-10-20(11-9-19)32(34)35/h4-13,15-16,22,28H,14H2,1-3H3,(H,27,29,30)/t16?,22-/m1/s1. The molecule has 37 heavy (non-hydrogen) atoms. The number of cyclic esters (lactones) is 1. The molecule has 2 aromatic carbocycles. The number of nitrogens with one attached hydrogen (secondary N) is 2. The van der Waals surface area contributed by atoms with Crippen molar-refractivity contribution in [3.05, 3.63) is 75.7 Å². The molecule has 0 spiro atoms. The van der Waals surface area contributed by atoms with Crippen LogP contribution in [0.5, 0.6) is 0 Å². The Balaban J connectivity index is 1.34. The molecule has 2 aromatic heterocycles. The topological polar surface area (TPSA) is 123 Å². The van der Waals surface area contributed by atoms with Crippen molar-refractivity contribution >= 4 is 56.5 Å². The van der Waals surface area contributed by atoms with Gasteiger partial charge in [0.25, 0.3) is 5.69 Å². The van der Waals surface area contributed by atoms with Crippen LogP contribution in [-0.2, 0) is 4.74 Å². The number of carbonyl (C=O) groups is 1. The second-order valence-electron chi connectivity index (χ2n) is 9.18. The first-order valence-corrected chi connectivity index (χ1v) is 12.8. The summed E-state index contributed by atoms with van der Waals surface area (Å²) in [5, 5.41) is 19.4. The number of thiophene rings is 1. The van der Waals surface area contributed by atoms with Crippen LogP contribution in [0.4, 0.5) is 33.6 Å². The predicted molar refractivity (Wildman–Crippen MR) is 145 cm³/mol. The van der Waals surface area contributed by atoms with E-state index in [0.29, 0.717) is 18.4 Å². The zero-order chi connectivity index (χ0) is 26.1. The number of anilines is 4. The molecule has 1 unspecified atom stereocenters. The number of hydrogen-bond acceptors (Lipinski definition) is 9. The molecule has 4 aromatic rings. The van der Waals surface area contributed by atoms with Gasteiger partial charge in [0.2, 0.25) is 5.95 Å². The fourth-order valence-electron chi connectivity index (χ4n) is 4.21. The molecule has 0 saturated carbocycles. The SMILES string of the molecule is CC(Nc1nc(N2C(=O)OC[C@@H]2C(C)C)c2sccc2n1)c1ccc(Nc2ccc([N+](=O)[O-])cc2)cc1. The van der Waals surface area contributed by atoms with E-state index >= 15 is 0 Å². The molecule has 1 fully saturated rings. The molecule has 5 rings (SSSR count). The Labute approximate surface area is 217 Å². The van der Waals surface area contributed by atoms with E-state index < -0.39 is 4.92 Å². The molecule has 1 aliphatic rings. The zero-order valence-electron chi connectivity index (χ0n) is 20.5. The van der Waals surface area contributed by atoms with Crippen LogP contribution in [0.2, 0.25) is 0 Å². The summed E-state index contributed by atoms with van der Waals surface area (Å²) in [4.78, 5) is 34.1. The van der Waals surface area contributed by atoms with Gasteiger partial charge < -0.3 is 15.4 Å². The fraction of sp³-hybridized carbons (Fsp3) is 0.269. The number of nitrogens with zero attached hydrogens (tertiary/aromatic N) is 4. The molecule has 1 aliphatic heterocycles. The summed E-state index contributed by atoms with van der Waals surface area (Å²) in [7, 11) is 0. The van der Waals surface area contributed by atoms with E-state index in [0.717, 1.165) is 27.2 Å². The summed E-state index contributed by atoms with van der Waals surface area (Å²) < 4.78 is 6.21. The van der Waals surface area contributed by atoms with E-state index in [1.165, 1.54) is 23.5 Å². The molecule has 2 N–H and O–H groups in total. The van der Waals surface area contributed by atoms with Crippen molar-refractivity contribution in [2.45, 2.75) is 32.9 Å². The van der Waals surface area contributed by atoms with E-state index in [-0.39, 0.29) is 29.8 Å². The largest absolute Gasteiger partial charge is 0.447 e. The number of amides is 1. The van der Waals surface area contributed by atoms with Gasteiger partial charge in [-0.15, -0.1) is 11.3 Å². The van der Waals surface area contributed by atoms with Crippen LogP contribution in [0, 0.1) is 16.0 Å². The molecule has 3 heterocycles. The molecule has 1 amide bonds. The van der Waals surface area contributed by atoms with Gasteiger partial charge in [-0.2, -0.15) is 4.98 Å². The number of fused-ring (bicyclic) bond motifs is 1. The van der Waals surface area contributed by atoms with E-state index in [1.807, 2.05) is 42.6 Å². The lowest BCUT2D eigenvalue weighted by Crippen LogP contribution is -2.38. The van der Waals surface area contributed by atoms with Crippen LogP contribution < -0.4 is 15.5 Å². The van der Waals surface area contributed by atoms with E-state index in [4.69, 9.17) is 9.72 Å². The van der Waals surface area contributed by atoms with Crippen LogP contribution in [-0.4, -0.2) is 33.6 Å². The van der Waals surface area contributed by atoms with Crippen LogP contribution in [0.25, 0.3) is 10.2 Å². The van der Waals surface area contributed by atoms with Crippen molar-refractivity contribution in [3.63, 3.8) is 0 Å². The quantitative estimate of drug-likeness (QED) is 0.200. The highest BCUT2D eigenvalue weighted by Gasteiger charge is 2.38. The summed E-state index contributed by atoms with van der Waals surface area (Å²) in [5.74, 6) is 1.21. The third-order valence-corrected chi connectivity index (χ3v) is 7.21. The highest BCUT2D eigenvalue weighted by molar-refractivity contribution is 7.17. The predicted octanol–water partition coefficient (Wildman–Crippen LogP) is 6.50. The minimum atomic E-state index is -0.421. The third kappa shape index (κ3) is 5.03. The second-order valence-corrected chi connectivity index (χ2v) is 10.1. The Morgan fingerprint density at radius 2 is 1.73 bits per heavy atom. The maximum atomic E-state index is 12.6. The molecule has 11 heteroatoms.